The Balaban J connectivity index is 1.92. The van der Waals surface area contributed by atoms with Gasteiger partial charge in [0.2, 0.25) is 0 Å². The molecule has 0 radical (unpaired) electrons. The molecule has 0 aliphatic heterocycles. The predicted octanol–water partition coefficient (Wildman–Crippen LogP) is 3.67. The number of pyridine rings is 1. The van der Waals surface area contributed by atoms with Crippen molar-refractivity contribution in [3.05, 3.63) is 59.7 Å². The Kier molecular flexibility index (Phi) is 5.69. The van der Waals surface area contributed by atoms with Crippen LogP contribution in [0.25, 0.3) is 0 Å². The molecule has 1 aromatic carbocycles. The summed E-state index contributed by atoms with van der Waals surface area (Å²) in [6.45, 7) is 4.65. The van der Waals surface area contributed by atoms with Crippen LogP contribution in [0.15, 0.2) is 42.6 Å². The molecular weight excluding hydrogens is 265 g/mol. The van der Waals surface area contributed by atoms with Crippen LogP contribution >= 0.6 is 0 Å². The van der Waals surface area contributed by atoms with Crippen LogP contribution in [0.3, 0.4) is 0 Å². The molecule has 0 saturated carbocycles. The smallest absolute Gasteiger partial charge is 0.123 e. The van der Waals surface area contributed by atoms with Crippen molar-refractivity contribution in [2.75, 3.05) is 18.9 Å². The van der Waals surface area contributed by atoms with Crippen molar-refractivity contribution >= 4 is 5.69 Å². The zero-order chi connectivity index (χ0) is 15.1. The lowest BCUT2D eigenvalue weighted by Crippen LogP contribution is -2.18. The lowest BCUT2D eigenvalue weighted by Gasteiger charge is -2.17. The summed E-state index contributed by atoms with van der Waals surface area (Å²) in [5.41, 5.74) is 3.23. The summed E-state index contributed by atoms with van der Waals surface area (Å²) in [4.78, 5) is 6.57. The van der Waals surface area contributed by atoms with Gasteiger partial charge in [-0.15, -0.1) is 0 Å². The molecule has 0 fully saturated rings. The Morgan fingerprint density at radius 3 is 2.62 bits per heavy atom. The minimum Gasteiger partial charge on any atom is -0.385 e. The van der Waals surface area contributed by atoms with Gasteiger partial charge in [0.05, 0.1) is 5.69 Å². The summed E-state index contributed by atoms with van der Waals surface area (Å²) in [7, 11) is 2.04. The van der Waals surface area contributed by atoms with Gasteiger partial charge in [-0.25, -0.2) is 4.39 Å². The average molecular weight is 287 g/mol. The molecule has 2 aromatic rings. The van der Waals surface area contributed by atoms with E-state index in [1.165, 1.54) is 12.1 Å². The highest BCUT2D eigenvalue weighted by Crippen LogP contribution is 2.11. The standard InChI is InChI=1S/C17H22FN3/c1-3-9-19-16-8-10-20-17(11-16)13-21(2)12-14-4-6-15(18)7-5-14/h4-8,10-11H,3,9,12-13H2,1-2H3,(H,19,20). The fourth-order valence-electron chi connectivity index (χ4n) is 2.18. The van der Waals surface area contributed by atoms with Crippen molar-refractivity contribution < 1.29 is 4.39 Å². The molecule has 0 unspecified atom stereocenters. The zero-order valence-electron chi connectivity index (χ0n) is 12.6. The van der Waals surface area contributed by atoms with E-state index >= 15 is 0 Å². The fraction of sp³-hybridized carbons (Fsp3) is 0.353. The fourth-order valence-corrected chi connectivity index (χ4v) is 2.18. The van der Waals surface area contributed by atoms with E-state index in [4.69, 9.17) is 0 Å². The van der Waals surface area contributed by atoms with Gasteiger partial charge in [0, 0.05) is 31.5 Å². The molecule has 21 heavy (non-hydrogen) atoms. The molecule has 0 saturated heterocycles. The predicted molar refractivity (Wildman–Crippen MR) is 84.6 cm³/mol. The molecule has 0 aliphatic rings. The van der Waals surface area contributed by atoms with E-state index < -0.39 is 0 Å². The highest BCUT2D eigenvalue weighted by Gasteiger charge is 2.04. The Morgan fingerprint density at radius 2 is 1.90 bits per heavy atom. The van der Waals surface area contributed by atoms with E-state index in [1.54, 1.807) is 0 Å². The van der Waals surface area contributed by atoms with E-state index in [-0.39, 0.29) is 5.82 Å². The number of halogens is 1. The topological polar surface area (TPSA) is 28.2 Å². The lowest BCUT2D eigenvalue weighted by atomic mass is 10.2. The molecule has 0 atom stereocenters. The third-order valence-corrected chi connectivity index (χ3v) is 3.19. The molecule has 1 N–H and O–H groups in total. The molecular formula is C17H22FN3. The van der Waals surface area contributed by atoms with E-state index in [1.807, 2.05) is 31.4 Å². The Morgan fingerprint density at radius 1 is 1.14 bits per heavy atom. The van der Waals surface area contributed by atoms with Crippen LogP contribution in [0, 0.1) is 5.82 Å². The molecule has 1 heterocycles. The minimum absolute atomic E-state index is 0.197. The molecule has 0 amide bonds. The van der Waals surface area contributed by atoms with Gasteiger partial charge in [-0.05, 0) is 43.3 Å². The van der Waals surface area contributed by atoms with Gasteiger partial charge >= 0.3 is 0 Å². The zero-order valence-corrected chi connectivity index (χ0v) is 12.6. The van der Waals surface area contributed by atoms with Gasteiger partial charge in [-0.1, -0.05) is 19.1 Å². The monoisotopic (exact) mass is 287 g/mol. The molecule has 3 nitrogen and oxygen atoms in total. The summed E-state index contributed by atoms with van der Waals surface area (Å²) in [5, 5.41) is 3.36. The Hall–Kier alpha value is -1.94. The van der Waals surface area contributed by atoms with Crippen molar-refractivity contribution in [2.45, 2.75) is 26.4 Å². The first-order valence-electron chi connectivity index (χ1n) is 7.29. The van der Waals surface area contributed by atoms with Crippen LogP contribution in [0.2, 0.25) is 0 Å². The molecule has 112 valence electrons. The van der Waals surface area contributed by atoms with Gasteiger partial charge < -0.3 is 5.32 Å². The van der Waals surface area contributed by atoms with Crippen molar-refractivity contribution in [1.29, 1.82) is 0 Å². The van der Waals surface area contributed by atoms with Crippen LogP contribution in [0.5, 0.6) is 0 Å². The van der Waals surface area contributed by atoms with Crippen LogP contribution in [-0.2, 0) is 13.1 Å². The number of anilines is 1. The quantitative estimate of drug-likeness (QED) is 0.842. The normalized spacial score (nSPS) is 10.9. The van der Waals surface area contributed by atoms with Crippen molar-refractivity contribution in [3.63, 3.8) is 0 Å². The molecule has 1 aromatic heterocycles. The third kappa shape index (κ3) is 5.16. The Labute approximate surface area is 125 Å². The molecule has 0 aliphatic carbocycles. The number of nitrogens with one attached hydrogen (secondary N) is 1. The maximum absolute atomic E-state index is 12.9. The van der Waals surface area contributed by atoms with Crippen LogP contribution < -0.4 is 5.32 Å². The number of hydrogen-bond acceptors (Lipinski definition) is 3. The maximum atomic E-state index is 12.9. The van der Waals surface area contributed by atoms with Gasteiger partial charge in [0.25, 0.3) is 0 Å². The summed E-state index contributed by atoms with van der Waals surface area (Å²) >= 11 is 0. The van der Waals surface area contributed by atoms with E-state index in [2.05, 4.69) is 28.2 Å². The second-order valence-electron chi connectivity index (χ2n) is 5.26. The van der Waals surface area contributed by atoms with Crippen LogP contribution in [0.1, 0.15) is 24.6 Å². The minimum atomic E-state index is -0.197. The van der Waals surface area contributed by atoms with Crippen LogP contribution in [0.4, 0.5) is 10.1 Å². The van der Waals surface area contributed by atoms with Crippen molar-refractivity contribution in [3.8, 4) is 0 Å². The number of rotatable bonds is 7. The summed E-state index contributed by atoms with van der Waals surface area (Å²) < 4.78 is 12.9. The van der Waals surface area contributed by atoms with Crippen LogP contribution in [-0.4, -0.2) is 23.5 Å². The van der Waals surface area contributed by atoms with Gasteiger partial charge in [-0.3, -0.25) is 9.88 Å². The number of hydrogen-bond donors (Lipinski definition) is 1. The number of nitrogens with zero attached hydrogens (tertiary/aromatic N) is 2. The molecule has 0 bridgehead atoms. The second-order valence-corrected chi connectivity index (χ2v) is 5.26. The van der Waals surface area contributed by atoms with Crippen molar-refractivity contribution in [2.24, 2.45) is 0 Å². The highest BCUT2D eigenvalue weighted by molar-refractivity contribution is 5.43. The van der Waals surface area contributed by atoms with Crippen molar-refractivity contribution in [1.82, 2.24) is 9.88 Å². The molecule has 2 rings (SSSR count). The second kappa shape index (κ2) is 7.74. The summed E-state index contributed by atoms with van der Waals surface area (Å²) in [5.74, 6) is -0.197. The number of benzene rings is 1. The van der Waals surface area contributed by atoms with Gasteiger partial charge in [0.15, 0.2) is 0 Å². The first kappa shape index (κ1) is 15.4. The van der Waals surface area contributed by atoms with Gasteiger partial charge in [-0.2, -0.15) is 0 Å². The molecule has 4 heteroatoms. The summed E-state index contributed by atoms with van der Waals surface area (Å²) in [6, 6.07) is 10.7. The molecule has 0 spiro atoms. The largest absolute Gasteiger partial charge is 0.385 e. The third-order valence-electron chi connectivity index (χ3n) is 3.19. The number of aromatic nitrogens is 1. The lowest BCUT2D eigenvalue weighted by molar-refractivity contribution is 0.315. The average Bonchev–Trinajstić information content (AvgIpc) is 2.48. The first-order valence-corrected chi connectivity index (χ1v) is 7.29. The summed E-state index contributed by atoms with van der Waals surface area (Å²) in [6.07, 6.45) is 2.93. The first-order chi connectivity index (χ1) is 10.2. The van der Waals surface area contributed by atoms with Gasteiger partial charge in [0.1, 0.15) is 5.82 Å². The van der Waals surface area contributed by atoms with E-state index in [0.29, 0.717) is 0 Å². The van der Waals surface area contributed by atoms with E-state index in [9.17, 15) is 4.39 Å². The van der Waals surface area contributed by atoms with E-state index in [0.717, 1.165) is 43.0 Å². The Bertz CT molecular complexity index is 554. The highest BCUT2D eigenvalue weighted by atomic mass is 19.1. The maximum Gasteiger partial charge on any atom is 0.123 e. The SMILES string of the molecule is CCCNc1ccnc(CN(C)Cc2ccc(F)cc2)c1.